The predicted molar refractivity (Wildman–Crippen MR) is 94.9 cm³/mol. The number of fused-ring (bicyclic) bond motifs is 2. The van der Waals surface area contributed by atoms with Crippen molar-refractivity contribution in [2.45, 2.75) is 73.9 Å². The Labute approximate surface area is 144 Å². The van der Waals surface area contributed by atoms with Crippen molar-refractivity contribution in [2.24, 2.45) is 5.92 Å². The predicted octanol–water partition coefficient (Wildman–Crippen LogP) is 4.17. The Bertz CT molecular complexity index is 542. The molecular weight excluding hydrogens is 306 g/mol. The number of piperidine rings is 1. The maximum Gasteiger partial charge on any atom is 0.0898 e. The molecule has 126 valence electrons. The van der Waals surface area contributed by atoms with Gasteiger partial charge < -0.3 is 5.11 Å². The van der Waals surface area contributed by atoms with E-state index in [0.717, 1.165) is 38.5 Å². The first-order chi connectivity index (χ1) is 11.1. The lowest BCUT2D eigenvalue weighted by Crippen LogP contribution is -2.62. The molecule has 2 bridgehead atoms. The van der Waals surface area contributed by atoms with E-state index in [1.54, 1.807) is 0 Å². The molecule has 23 heavy (non-hydrogen) atoms. The lowest BCUT2D eigenvalue weighted by molar-refractivity contribution is -0.131. The molecule has 2 heterocycles. The standard InChI is InChI=1S/C20H28ClNO/c1-22-17-11-12-19(22)20(23,15-7-9-16(21)10-8-15)18(13-17)14-5-3-2-4-6-14/h2-6,15-19,23H,7-13H2,1H3. The average Bonchev–Trinajstić information content (AvgIpc) is 2.85. The minimum Gasteiger partial charge on any atom is -0.387 e. The van der Waals surface area contributed by atoms with Gasteiger partial charge in [-0.2, -0.15) is 0 Å². The van der Waals surface area contributed by atoms with E-state index in [2.05, 4.69) is 42.3 Å². The number of benzene rings is 1. The van der Waals surface area contributed by atoms with Gasteiger partial charge >= 0.3 is 0 Å². The number of hydrogen-bond acceptors (Lipinski definition) is 2. The first-order valence-corrected chi connectivity index (χ1v) is 9.67. The van der Waals surface area contributed by atoms with Gasteiger partial charge in [0, 0.05) is 23.4 Å². The molecule has 1 aromatic carbocycles. The number of hydrogen-bond donors (Lipinski definition) is 1. The normalized spacial score (nSPS) is 44.4. The minimum absolute atomic E-state index is 0.272. The SMILES string of the molecule is CN1C2CCC1C(O)(C1CCC(Cl)CC1)C(c1ccccc1)C2. The monoisotopic (exact) mass is 333 g/mol. The highest BCUT2D eigenvalue weighted by Gasteiger charge is 2.58. The third kappa shape index (κ3) is 2.54. The molecule has 0 amide bonds. The smallest absolute Gasteiger partial charge is 0.0898 e. The first kappa shape index (κ1) is 15.9. The summed E-state index contributed by atoms with van der Waals surface area (Å²) in [5.41, 5.74) is 0.730. The van der Waals surface area contributed by atoms with Crippen molar-refractivity contribution in [1.29, 1.82) is 0 Å². The second kappa shape index (κ2) is 6.06. The summed E-state index contributed by atoms with van der Waals surface area (Å²) in [5.74, 6) is 0.656. The van der Waals surface area contributed by atoms with E-state index >= 15 is 0 Å². The van der Waals surface area contributed by atoms with Gasteiger partial charge in [-0.1, -0.05) is 30.3 Å². The fourth-order valence-electron chi connectivity index (χ4n) is 5.71. The Hall–Kier alpha value is -0.570. The summed E-state index contributed by atoms with van der Waals surface area (Å²) in [6.45, 7) is 0. The van der Waals surface area contributed by atoms with E-state index in [1.807, 2.05) is 0 Å². The van der Waals surface area contributed by atoms with Crippen molar-refractivity contribution in [3.8, 4) is 0 Å². The Balaban J connectivity index is 1.71. The summed E-state index contributed by atoms with van der Waals surface area (Å²) in [6, 6.07) is 11.7. The van der Waals surface area contributed by atoms with E-state index in [4.69, 9.17) is 11.6 Å². The number of halogens is 1. The highest BCUT2D eigenvalue weighted by molar-refractivity contribution is 6.20. The lowest BCUT2D eigenvalue weighted by atomic mass is 9.62. The van der Waals surface area contributed by atoms with Gasteiger partial charge in [-0.3, -0.25) is 4.90 Å². The van der Waals surface area contributed by atoms with Gasteiger partial charge in [0.15, 0.2) is 0 Å². The molecule has 4 atom stereocenters. The molecule has 1 aromatic rings. The topological polar surface area (TPSA) is 23.5 Å². The molecule has 2 nitrogen and oxygen atoms in total. The fraction of sp³-hybridized carbons (Fsp3) is 0.700. The Morgan fingerprint density at radius 2 is 1.74 bits per heavy atom. The van der Waals surface area contributed by atoms with Crippen LogP contribution in [0, 0.1) is 5.92 Å². The van der Waals surface area contributed by atoms with Crippen molar-refractivity contribution < 1.29 is 5.11 Å². The van der Waals surface area contributed by atoms with Gasteiger partial charge in [0.05, 0.1) is 5.60 Å². The second-order valence-corrected chi connectivity index (χ2v) is 8.56. The lowest BCUT2D eigenvalue weighted by Gasteiger charge is -2.54. The highest BCUT2D eigenvalue weighted by Crippen LogP contribution is 2.54. The summed E-state index contributed by atoms with van der Waals surface area (Å²) < 4.78 is 0. The Morgan fingerprint density at radius 3 is 2.43 bits per heavy atom. The Morgan fingerprint density at radius 1 is 1.04 bits per heavy atom. The van der Waals surface area contributed by atoms with Crippen molar-refractivity contribution in [3.05, 3.63) is 35.9 Å². The molecule has 3 aliphatic rings. The first-order valence-electron chi connectivity index (χ1n) is 9.24. The zero-order valence-corrected chi connectivity index (χ0v) is 14.8. The van der Waals surface area contributed by atoms with Gasteiger partial charge in [0.1, 0.15) is 0 Å². The average molecular weight is 334 g/mol. The van der Waals surface area contributed by atoms with E-state index < -0.39 is 5.60 Å². The van der Waals surface area contributed by atoms with Crippen LogP contribution in [0.5, 0.6) is 0 Å². The van der Waals surface area contributed by atoms with E-state index in [1.165, 1.54) is 12.0 Å². The van der Waals surface area contributed by atoms with Gasteiger partial charge in [-0.05, 0) is 63.5 Å². The molecule has 0 aromatic heterocycles. The van der Waals surface area contributed by atoms with Crippen LogP contribution in [0.1, 0.15) is 56.4 Å². The fourth-order valence-corrected chi connectivity index (χ4v) is 5.96. The van der Waals surface area contributed by atoms with E-state index in [0.29, 0.717) is 23.4 Å². The maximum absolute atomic E-state index is 12.1. The molecule has 2 saturated heterocycles. The number of rotatable bonds is 2. The van der Waals surface area contributed by atoms with E-state index in [9.17, 15) is 5.11 Å². The number of likely N-dealkylation sites (N-methyl/N-ethyl adjacent to an activating group) is 1. The van der Waals surface area contributed by atoms with Crippen LogP contribution in [0.3, 0.4) is 0 Å². The molecule has 3 heteroatoms. The van der Waals surface area contributed by atoms with Gasteiger partial charge in [-0.25, -0.2) is 0 Å². The van der Waals surface area contributed by atoms with Crippen molar-refractivity contribution in [2.75, 3.05) is 7.05 Å². The third-order valence-corrected chi connectivity index (χ3v) is 7.39. The quantitative estimate of drug-likeness (QED) is 0.821. The van der Waals surface area contributed by atoms with Crippen LogP contribution in [0.4, 0.5) is 0 Å². The molecule has 2 aliphatic heterocycles. The number of aliphatic hydroxyl groups is 1. The van der Waals surface area contributed by atoms with Gasteiger partial charge in [-0.15, -0.1) is 11.6 Å². The minimum atomic E-state index is -0.597. The van der Waals surface area contributed by atoms with Crippen molar-refractivity contribution >= 4 is 11.6 Å². The summed E-state index contributed by atoms with van der Waals surface area (Å²) in [6.07, 6.45) is 7.71. The highest BCUT2D eigenvalue weighted by atomic mass is 35.5. The van der Waals surface area contributed by atoms with Crippen molar-refractivity contribution in [3.63, 3.8) is 0 Å². The van der Waals surface area contributed by atoms with Crippen LogP contribution in [0.2, 0.25) is 0 Å². The molecule has 4 unspecified atom stereocenters. The summed E-state index contributed by atoms with van der Waals surface area (Å²) in [4.78, 5) is 2.48. The third-order valence-electron chi connectivity index (χ3n) is 6.95. The molecule has 4 rings (SSSR count). The Kier molecular flexibility index (Phi) is 4.19. The largest absolute Gasteiger partial charge is 0.387 e. The number of nitrogens with zero attached hydrogens (tertiary/aromatic N) is 1. The molecule has 0 radical (unpaired) electrons. The summed E-state index contributed by atoms with van der Waals surface area (Å²) in [7, 11) is 2.22. The van der Waals surface area contributed by atoms with Crippen LogP contribution in [0.15, 0.2) is 30.3 Å². The van der Waals surface area contributed by atoms with Crippen LogP contribution >= 0.6 is 11.6 Å². The molecule has 1 N–H and O–H groups in total. The van der Waals surface area contributed by atoms with Crippen molar-refractivity contribution in [1.82, 2.24) is 4.90 Å². The molecule has 0 spiro atoms. The molecule has 1 saturated carbocycles. The zero-order chi connectivity index (χ0) is 16.0. The van der Waals surface area contributed by atoms with Gasteiger partial charge in [0.25, 0.3) is 0 Å². The molecule has 3 fully saturated rings. The van der Waals surface area contributed by atoms with Crippen LogP contribution in [-0.2, 0) is 0 Å². The van der Waals surface area contributed by atoms with Crippen LogP contribution < -0.4 is 0 Å². The number of alkyl halides is 1. The maximum atomic E-state index is 12.1. The molecular formula is C20H28ClNO. The molecule has 1 aliphatic carbocycles. The van der Waals surface area contributed by atoms with Gasteiger partial charge in [0.2, 0.25) is 0 Å². The summed E-state index contributed by atoms with van der Waals surface area (Å²) >= 11 is 6.33. The van der Waals surface area contributed by atoms with Crippen LogP contribution in [-0.4, -0.2) is 40.1 Å². The van der Waals surface area contributed by atoms with Crippen LogP contribution in [0.25, 0.3) is 0 Å². The zero-order valence-electron chi connectivity index (χ0n) is 14.0. The summed E-state index contributed by atoms with van der Waals surface area (Å²) in [5, 5.41) is 12.4. The van der Waals surface area contributed by atoms with E-state index in [-0.39, 0.29) is 5.92 Å². The second-order valence-electron chi connectivity index (χ2n) is 7.95.